The monoisotopic (exact) mass is 592 g/mol. The molecular formula is C30H26Cl2N4O3S. The number of benzene rings is 3. The van der Waals surface area contributed by atoms with Gasteiger partial charge >= 0.3 is 0 Å². The summed E-state index contributed by atoms with van der Waals surface area (Å²) >= 11 is 13.7. The number of aliphatic imine (C=N–C) groups is 1. The minimum atomic E-state index is -0.304. The van der Waals surface area contributed by atoms with E-state index in [1.54, 1.807) is 31.2 Å². The Kier molecular flexibility index (Phi) is 8.59. The molecule has 2 aliphatic heterocycles. The van der Waals surface area contributed by atoms with Crippen molar-refractivity contribution in [1.29, 1.82) is 0 Å². The quantitative estimate of drug-likeness (QED) is 0.258. The lowest BCUT2D eigenvalue weighted by atomic mass is 10.1. The van der Waals surface area contributed by atoms with Gasteiger partial charge in [-0.15, -0.1) is 0 Å². The summed E-state index contributed by atoms with van der Waals surface area (Å²) in [6.07, 6.45) is 1.62. The number of anilines is 2. The minimum absolute atomic E-state index is 0.0185. The molecule has 3 aromatic carbocycles. The minimum Gasteiger partial charge on any atom is -0.368 e. The van der Waals surface area contributed by atoms with Gasteiger partial charge in [-0.1, -0.05) is 53.2 Å². The molecule has 0 aromatic heterocycles. The van der Waals surface area contributed by atoms with Crippen LogP contribution < -0.4 is 9.80 Å². The molecule has 40 heavy (non-hydrogen) atoms. The largest absolute Gasteiger partial charge is 0.368 e. The molecule has 0 N–H and O–H groups in total. The number of piperazine rings is 1. The molecule has 2 amide bonds. The molecule has 3 aromatic rings. The highest BCUT2D eigenvalue weighted by Gasteiger charge is 2.33. The molecule has 10 heteroatoms. The molecule has 0 atom stereocenters. The lowest BCUT2D eigenvalue weighted by molar-refractivity contribution is -0.128. The third-order valence-corrected chi connectivity index (χ3v) is 8.19. The summed E-state index contributed by atoms with van der Waals surface area (Å²) in [5.74, 6) is -0.139. The molecule has 0 spiro atoms. The van der Waals surface area contributed by atoms with Crippen LogP contribution in [-0.2, 0) is 9.59 Å². The number of hydrogen-bond donors (Lipinski definition) is 0. The number of Topliss-reactive ketones (excluding diaryl/α,β-unsaturated/α-hetero) is 1. The number of halogens is 2. The van der Waals surface area contributed by atoms with Crippen LogP contribution >= 0.6 is 35.0 Å². The smallest absolute Gasteiger partial charge is 0.283 e. The van der Waals surface area contributed by atoms with Crippen LogP contribution in [0.5, 0.6) is 0 Å². The Hall–Kier alpha value is -3.59. The van der Waals surface area contributed by atoms with Crippen LogP contribution in [0.15, 0.2) is 83.5 Å². The van der Waals surface area contributed by atoms with E-state index in [0.717, 1.165) is 5.69 Å². The molecule has 7 nitrogen and oxygen atoms in total. The first kappa shape index (κ1) is 28.0. The highest BCUT2D eigenvalue weighted by molar-refractivity contribution is 8.14. The zero-order chi connectivity index (χ0) is 28.2. The number of ketones is 1. The second-order valence-corrected chi connectivity index (χ2v) is 11.1. The van der Waals surface area contributed by atoms with Crippen molar-refractivity contribution in [2.45, 2.75) is 6.92 Å². The van der Waals surface area contributed by atoms with Crippen molar-refractivity contribution >= 4 is 75.2 Å². The Morgan fingerprint density at radius 1 is 0.925 bits per heavy atom. The molecule has 1 fully saturated rings. The van der Waals surface area contributed by atoms with Gasteiger partial charge in [0.2, 0.25) is 5.91 Å². The summed E-state index contributed by atoms with van der Waals surface area (Å²) in [5.41, 5.74) is 3.18. The maximum Gasteiger partial charge on any atom is 0.283 e. The van der Waals surface area contributed by atoms with E-state index in [0.29, 0.717) is 58.2 Å². The SMILES string of the molecule is CC(=O)c1ccc(N2CCN(C(=O)CSC3=N/C(=C/c4cc(Cl)ccc4Cl)C(=O)N3c3ccccc3)CC2)cc1. The summed E-state index contributed by atoms with van der Waals surface area (Å²) < 4.78 is 0. The molecule has 0 radical (unpaired) electrons. The Balaban J connectivity index is 1.27. The molecule has 2 aliphatic rings. The van der Waals surface area contributed by atoms with Crippen LogP contribution in [0.2, 0.25) is 10.0 Å². The van der Waals surface area contributed by atoms with Gasteiger partial charge in [-0.3, -0.25) is 19.3 Å². The van der Waals surface area contributed by atoms with E-state index >= 15 is 0 Å². The zero-order valence-electron chi connectivity index (χ0n) is 21.7. The fourth-order valence-electron chi connectivity index (χ4n) is 4.51. The summed E-state index contributed by atoms with van der Waals surface area (Å²) in [5, 5.41) is 1.38. The van der Waals surface area contributed by atoms with E-state index in [9.17, 15) is 14.4 Å². The van der Waals surface area contributed by atoms with Crippen molar-refractivity contribution in [2.75, 3.05) is 41.7 Å². The first-order chi connectivity index (χ1) is 19.3. The third-order valence-electron chi connectivity index (χ3n) is 6.69. The Bertz CT molecular complexity index is 1500. The molecule has 204 valence electrons. The van der Waals surface area contributed by atoms with Crippen LogP contribution in [0.1, 0.15) is 22.8 Å². The molecule has 5 rings (SSSR count). The average Bonchev–Trinajstić information content (AvgIpc) is 3.28. The summed E-state index contributed by atoms with van der Waals surface area (Å²) in [6.45, 7) is 4.10. The van der Waals surface area contributed by atoms with Crippen LogP contribution in [0.25, 0.3) is 6.08 Å². The Morgan fingerprint density at radius 3 is 2.30 bits per heavy atom. The van der Waals surface area contributed by atoms with Gasteiger partial charge in [-0.05, 0) is 73.2 Å². The van der Waals surface area contributed by atoms with Crippen molar-refractivity contribution in [3.63, 3.8) is 0 Å². The molecule has 0 aliphatic carbocycles. The number of para-hydroxylation sites is 1. The lowest BCUT2D eigenvalue weighted by Gasteiger charge is -2.36. The second-order valence-electron chi connectivity index (χ2n) is 9.33. The zero-order valence-corrected chi connectivity index (χ0v) is 24.0. The molecule has 0 unspecified atom stereocenters. The highest BCUT2D eigenvalue weighted by atomic mass is 35.5. The van der Waals surface area contributed by atoms with Crippen molar-refractivity contribution < 1.29 is 14.4 Å². The van der Waals surface area contributed by atoms with Gasteiger partial charge in [0.15, 0.2) is 11.0 Å². The maximum absolute atomic E-state index is 13.4. The van der Waals surface area contributed by atoms with Gasteiger partial charge in [0.25, 0.3) is 5.91 Å². The molecule has 1 saturated heterocycles. The number of hydrogen-bond acceptors (Lipinski definition) is 6. The van der Waals surface area contributed by atoms with Crippen LogP contribution in [0.3, 0.4) is 0 Å². The van der Waals surface area contributed by atoms with Gasteiger partial charge in [-0.25, -0.2) is 4.99 Å². The van der Waals surface area contributed by atoms with Crippen molar-refractivity contribution in [2.24, 2.45) is 4.99 Å². The van der Waals surface area contributed by atoms with E-state index in [2.05, 4.69) is 9.89 Å². The third kappa shape index (κ3) is 6.25. The number of carbonyl (C=O) groups excluding carboxylic acids is 3. The van der Waals surface area contributed by atoms with E-state index in [1.807, 2.05) is 59.5 Å². The predicted octanol–water partition coefficient (Wildman–Crippen LogP) is 6.02. The standard InChI is InChI=1S/C30H26Cl2N4O3S/c1-20(37)21-7-10-24(11-8-21)34-13-15-35(16-14-34)28(38)19-40-30-33-27(18-22-17-23(31)9-12-26(22)32)29(39)36(30)25-5-3-2-4-6-25/h2-12,17-18H,13-16,19H2,1H3/b27-18+. The fourth-order valence-corrected chi connectivity index (χ4v) is 5.78. The van der Waals surface area contributed by atoms with E-state index in [4.69, 9.17) is 23.2 Å². The van der Waals surface area contributed by atoms with Crippen LogP contribution in [0, 0.1) is 0 Å². The number of rotatable bonds is 6. The van der Waals surface area contributed by atoms with E-state index in [-0.39, 0.29) is 29.0 Å². The fraction of sp³-hybridized carbons (Fsp3) is 0.200. The van der Waals surface area contributed by atoms with Gasteiger partial charge in [0.1, 0.15) is 5.70 Å². The Morgan fingerprint density at radius 2 is 1.62 bits per heavy atom. The molecule has 0 bridgehead atoms. The summed E-state index contributed by atoms with van der Waals surface area (Å²) in [7, 11) is 0. The summed E-state index contributed by atoms with van der Waals surface area (Å²) in [4.78, 5) is 48.3. The van der Waals surface area contributed by atoms with Crippen LogP contribution in [-0.4, -0.2) is 59.6 Å². The van der Waals surface area contributed by atoms with Crippen molar-refractivity contribution in [1.82, 2.24) is 4.90 Å². The van der Waals surface area contributed by atoms with E-state index in [1.165, 1.54) is 16.7 Å². The average molecular weight is 594 g/mol. The second kappa shape index (κ2) is 12.3. The first-order valence-corrected chi connectivity index (χ1v) is 14.5. The van der Waals surface area contributed by atoms with Gasteiger partial charge in [0.05, 0.1) is 11.4 Å². The van der Waals surface area contributed by atoms with Crippen LogP contribution in [0.4, 0.5) is 11.4 Å². The van der Waals surface area contributed by atoms with Crippen molar-refractivity contribution in [3.8, 4) is 0 Å². The number of carbonyl (C=O) groups is 3. The van der Waals surface area contributed by atoms with E-state index < -0.39 is 0 Å². The topological polar surface area (TPSA) is 73.3 Å². The number of amidine groups is 1. The molecule has 2 heterocycles. The van der Waals surface area contributed by atoms with Gasteiger partial charge < -0.3 is 9.80 Å². The number of thioether (sulfide) groups is 1. The highest BCUT2D eigenvalue weighted by Crippen LogP contribution is 2.31. The molecular weight excluding hydrogens is 567 g/mol. The summed E-state index contributed by atoms with van der Waals surface area (Å²) in [6, 6.07) is 21.8. The maximum atomic E-state index is 13.4. The predicted molar refractivity (Wildman–Crippen MR) is 163 cm³/mol. The number of nitrogens with zero attached hydrogens (tertiary/aromatic N) is 4. The lowest BCUT2D eigenvalue weighted by Crippen LogP contribution is -2.49. The normalized spacial score (nSPS) is 16.5. The Labute approximate surface area is 247 Å². The number of amides is 2. The van der Waals surface area contributed by atoms with Crippen molar-refractivity contribution in [3.05, 3.63) is 99.7 Å². The first-order valence-electron chi connectivity index (χ1n) is 12.7. The molecule has 0 saturated carbocycles. The van der Waals surface area contributed by atoms with Gasteiger partial charge in [-0.2, -0.15) is 0 Å². The van der Waals surface area contributed by atoms with Gasteiger partial charge in [0, 0.05) is 47.5 Å².